The molecule has 0 aromatic heterocycles. The molecule has 0 amide bonds. The van der Waals surface area contributed by atoms with Gasteiger partial charge < -0.3 is 5.32 Å². The zero-order valence-corrected chi connectivity index (χ0v) is 13.5. The average molecular weight is 317 g/mol. The van der Waals surface area contributed by atoms with Gasteiger partial charge in [0.15, 0.2) is 0 Å². The minimum atomic E-state index is -0.278. The Labute approximate surface area is 137 Å². The number of anilines is 2. The third-order valence-electron chi connectivity index (χ3n) is 3.98. The molecule has 1 aliphatic carbocycles. The smallest absolute Gasteiger partial charge is 0.123 e. The van der Waals surface area contributed by atoms with Gasteiger partial charge in [0.1, 0.15) is 11.6 Å². The lowest BCUT2D eigenvalue weighted by Crippen LogP contribution is -1.90. The van der Waals surface area contributed by atoms with E-state index in [0.717, 1.165) is 11.4 Å². The molecular formula is C20H25F2N. The van der Waals surface area contributed by atoms with Crippen LogP contribution in [-0.4, -0.2) is 0 Å². The van der Waals surface area contributed by atoms with Gasteiger partial charge in [-0.3, -0.25) is 0 Å². The van der Waals surface area contributed by atoms with Crippen LogP contribution in [0.5, 0.6) is 0 Å². The Balaban J connectivity index is 0.000000203. The van der Waals surface area contributed by atoms with E-state index in [1.54, 1.807) is 24.3 Å². The van der Waals surface area contributed by atoms with Crippen LogP contribution in [0, 0.1) is 11.6 Å². The van der Waals surface area contributed by atoms with E-state index in [-0.39, 0.29) is 11.6 Å². The molecule has 0 bridgehead atoms. The summed E-state index contributed by atoms with van der Waals surface area (Å²) in [7, 11) is 0. The van der Waals surface area contributed by atoms with Crippen LogP contribution in [0.1, 0.15) is 51.4 Å². The van der Waals surface area contributed by atoms with Gasteiger partial charge in [0.05, 0.1) is 0 Å². The van der Waals surface area contributed by atoms with Crippen molar-refractivity contribution < 1.29 is 8.78 Å². The van der Waals surface area contributed by atoms with E-state index < -0.39 is 0 Å². The summed E-state index contributed by atoms with van der Waals surface area (Å²) in [6.45, 7) is 0. The third kappa shape index (κ3) is 7.27. The first kappa shape index (κ1) is 17.5. The fraction of sp³-hybridized carbons (Fsp3) is 0.400. The van der Waals surface area contributed by atoms with Gasteiger partial charge in [-0.2, -0.15) is 0 Å². The summed E-state index contributed by atoms with van der Waals surface area (Å²) >= 11 is 0. The van der Waals surface area contributed by atoms with Crippen molar-refractivity contribution in [2.24, 2.45) is 0 Å². The second-order valence-electron chi connectivity index (χ2n) is 5.97. The molecule has 124 valence electrons. The Hall–Kier alpha value is -1.90. The number of rotatable bonds is 2. The van der Waals surface area contributed by atoms with E-state index >= 15 is 0 Å². The molecule has 0 aliphatic heterocycles. The lowest BCUT2D eigenvalue weighted by atomic mass is 10.0. The minimum absolute atomic E-state index is 0.278. The molecule has 3 heteroatoms. The van der Waals surface area contributed by atoms with Gasteiger partial charge in [-0.1, -0.05) is 51.4 Å². The molecule has 23 heavy (non-hydrogen) atoms. The van der Waals surface area contributed by atoms with Gasteiger partial charge in [0, 0.05) is 11.4 Å². The summed E-state index contributed by atoms with van der Waals surface area (Å²) in [5, 5.41) is 3.02. The Morgan fingerprint density at radius 3 is 1.00 bits per heavy atom. The van der Waals surface area contributed by atoms with Crippen LogP contribution in [0.15, 0.2) is 48.5 Å². The van der Waals surface area contributed by atoms with E-state index in [2.05, 4.69) is 5.32 Å². The van der Waals surface area contributed by atoms with E-state index in [4.69, 9.17) is 0 Å². The summed E-state index contributed by atoms with van der Waals surface area (Å²) < 4.78 is 25.2. The van der Waals surface area contributed by atoms with Crippen molar-refractivity contribution in [3.05, 3.63) is 60.2 Å². The average Bonchev–Trinajstić information content (AvgIpc) is 2.52. The van der Waals surface area contributed by atoms with E-state index in [0.29, 0.717) is 0 Å². The summed E-state index contributed by atoms with van der Waals surface area (Å²) in [5.41, 5.74) is 1.53. The highest BCUT2D eigenvalue weighted by atomic mass is 19.1. The van der Waals surface area contributed by atoms with Gasteiger partial charge >= 0.3 is 0 Å². The standard InChI is InChI=1S/C12H9F2N.C8H16/c13-9-1-5-11(6-2-9)15-12-7-3-10(14)4-8-12;1-2-4-6-8-7-5-3-1/h1-8,15H;1-8H2. The quantitative estimate of drug-likeness (QED) is 0.640. The lowest BCUT2D eigenvalue weighted by molar-refractivity contribution is 0.504. The Kier molecular flexibility index (Phi) is 7.58. The molecule has 1 N–H and O–H groups in total. The summed E-state index contributed by atoms with van der Waals surface area (Å²) in [5.74, 6) is -0.556. The molecule has 1 fully saturated rings. The fourth-order valence-electron chi connectivity index (χ4n) is 2.65. The van der Waals surface area contributed by atoms with Crippen molar-refractivity contribution >= 4 is 11.4 Å². The number of hydrogen-bond acceptors (Lipinski definition) is 1. The molecule has 1 nitrogen and oxygen atoms in total. The van der Waals surface area contributed by atoms with Gasteiger partial charge in [-0.05, 0) is 48.5 Å². The normalized spacial score (nSPS) is 14.9. The molecule has 0 atom stereocenters. The Bertz CT molecular complexity index is 481. The first-order chi connectivity index (χ1) is 11.2. The highest BCUT2D eigenvalue weighted by Gasteiger charge is 1.96. The molecule has 0 saturated heterocycles. The number of hydrogen-bond donors (Lipinski definition) is 1. The topological polar surface area (TPSA) is 12.0 Å². The molecular weight excluding hydrogens is 292 g/mol. The Morgan fingerprint density at radius 1 is 0.478 bits per heavy atom. The number of halogens is 2. The maximum absolute atomic E-state index is 12.6. The van der Waals surface area contributed by atoms with Gasteiger partial charge in [0.2, 0.25) is 0 Å². The molecule has 2 aromatic carbocycles. The van der Waals surface area contributed by atoms with Crippen molar-refractivity contribution in [1.82, 2.24) is 0 Å². The van der Waals surface area contributed by atoms with Crippen molar-refractivity contribution in [1.29, 1.82) is 0 Å². The zero-order valence-electron chi connectivity index (χ0n) is 13.5. The van der Waals surface area contributed by atoms with Gasteiger partial charge in [-0.25, -0.2) is 8.78 Å². The maximum Gasteiger partial charge on any atom is 0.123 e. The highest BCUT2D eigenvalue weighted by Crippen LogP contribution is 2.17. The number of nitrogens with one attached hydrogen (secondary N) is 1. The van der Waals surface area contributed by atoms with Crippen molar-refractivity contribution in [3.63, 3.8) is 0 Å². The molecule has 3 rings (SSSR count). The van der Waals surface area contributed by atoms with Crippen LogP contribution in [0.3, 0.4) is 0 Å². The maximum atomic E-state index is 12.6. The highest BCUT2D eigenvalue weighted by molar-refractivity contribution is 5.59. The van der Waals surface area contributed by atoms with Crippen LogP contribution in [0.2, 0.25) is 0 Å². The third-order valence-corrected chi connectivity index (χ3v) is 3.98. The van der Waals surface area contributed by atoms with Crippen LogP contribution in [0.25, 0.3) is 0 Å². The predicted molar refractivity (Wildman–Crippen MR) is 93.0 cm³/mol. The molecule has 2 aromatic rings. The van der Waals surface area contributed by atoms with Crippen LogP contribution < -0.4 is 5.32 Å². The van der Waals surface area contributed by atoms with Crippen LogP contribution >= 0.6 is 0 Å². The first-order valence-electron chi connectivity index (χ1n) is 8.52. The van der Waals surface area contributed by atoms with Crippen molar-refractivity contribution in [3.8, 4) is 0 Å². The second-order valence-corrected chi connectivity index (χ2v) is 5.97. The Morgan fingerprint density at radius 2 is 0.739 bits per heavy atom. The molecule has 0 spiro atoms. The number of benzene rings is 2. The van der Waals surface area contributed by atoms with E-state index in [9.17, 15) is 8.78 Å². The zero-order chi connectivity index (χ0) is 16.3. The van der Waals surface area contributed by atoms with E-state index in [1.165, 1.54) is 75.6 Å². The minimum Gasteiger partial charge on any atom is -0.356 e. The van der Waals surface area contributed by atoms with Crippen molar-refractivity contribution in [2.75, 3.05) is 5.32 Å². The van der Waals surface area contributed by atoms with Crippen LogP contribution in [0.4, 0.5) is 20.2 Å². The molecule has 1 saturated carbocycles. The summed E-state index contributed by atoms with van der Waals surface area (Å²) in [6, 6.07) is 12.0. The summed E-state index contributed by atoms with van der Waals surface area (Å²) in [6.07, 6.45) is 12.0. The largest absolute Gasteiger partial charge is 0.356 e. The predicted octanol–water partition coefficient (Wildman–Crippen LogP) is 6.83. The molecule has 1 aliphatic rings. The van der Waals surface area contributed by atoms with E-state index in [1.807, 2.05) is 0 Å². The SMILES string of the molecule is C1CCCCCCC1.Fc1ccc(Nc2ccc(F)cc2)cc1. The molecule has 0 heterocycles. The fourth-order valence-corrected chi connectivity index (χ4v) is 2.65. The second kappa shape index (κ2) is 9.98. The van der Waals surface area contributed by atoms with Gasteiger partial charge in [-0.15, -0.1) is 0 Å². The molecule has 0 radical (unpaired) electrons. The van der Waals surface area contributed by atoms with Crippen molar-refractivity contribution in [2.45, 2.75) is 51.4 Å². The monoisotopic (exact) mass is 317 g/mol. The first-order valence-corrected chi connectivity index (χ1v) is 8.52. The lowest BCUT2D eigenvalue weighted by Gasteiger charge is -2.05. The summed E-state index contributed by atoms with van der Waals surface area (Å²) in [4.78, 5) is 0. The van der Waals surface area contributed by atoms with Crippen LogP contribution in [-0.2, 0) is 0 Å². The molecule has 0 unspecified atom stereocenters. The van der Waals surface area contributed by atoms with Gasteiger partial charge in [0.25, 0.3) is 0 Å².